The van der Waals surface area contributed by atoms with Gasteiger partial charge >= 0.3 is 0 Å². The van der Waals surface area contributed by atoms with E-state index in [9.17, 15) is 4.79 Å². The van der Waals surface area contributed by atoms with Crippen LogP contribution >= 0.6 is 0 Å². The molecule has 1 unspecified atom stereocenters. The Morgan fingerprint density at radius 3 is 2.88 bits per heavy atom. The fourth-order valence-corrected chi connectivity index (χ4v) is 3.68. The molecule has 1 amide bonds. The molecule has 2 aromatic rings. The largest absolute Gasteiger partial charge is 0.481 e. The highest BCUT2D eigenvalue weighted by Gasteiger charge is 2.33. The molecule has 0 N–H and O–H groups in total. The molecule has 2 aliphatic rings. The Balaban J connectivity index is 1.42. The predicted octanol–water partition coefficient (Wildman–Crippen LogP) is 1.90. The van der Waals surface area contributed by atoms with Crippen LogP contribution in [0.25, 0.3) is 0 Å². The lowest BCUT2D eigenvalue weighted by Gasteiger charge is -2.31. The molecular formula is C19H22N4O2. The standard InChI is InChI=1S/C19H22N4O2/c1-25-17-6-9-20-19(21-17)23-11-8-16(13-23)18(24)22-10-7-14-4-2-3-5-15(14)12-22/h2-6,9,16H,7-8,10-13H2,1H3. The summed E-state index contributed by atoms with van der Waals surface area (Å²) in [5.41, 5.74) is 2.64. The van der Waals surface area contributed by atoms with Crippen molar-refractivity contribution in [1.82, 2.24) is 14.9 Å². The van der Waals surface area contributed by atoms with Gasteiger partial charge in [-0.05, 0) is 24.0 Å². The molecule has 2 aliphatic heterocycles. The Bertz CT molecular complexity index is 780. The summed E-state index contributed by atoms with van der Waals surface area (Å²) in [6.45, 7) is 3.00. The molecule has 6 nitrogen and oxygen atoms in total. The van der Waals surface area contributed by atoms with Crippen molar-refractivity contribution >= 4 is 11.9 Å². The molecule has 1 aromatic heterocycles. The van der Waals surface area contributed by atoms with Gasteiger partial charge in [-0.25, -0.2) is 4.98 Å². The molecule has 0 spiro atoms. The molecule has 1 atom stereocenters. The Kier molecular flexibility index (Phi) is 4.26. The summed E-state index contributed by atoms with van der Waals surface area (Å²) in [6, 6.07) is 10.1. The van der Waals surface area contributed by atoms with E-state index in [1.807, 2.05) is 11.0 Å². The van der Waals surface area contributed by atoms with Crippen LogP contribution in [0.5, 0.6) is 5.88 Å². The van der Waals surface area contributed by atoms with E-state index < -0.39 is 0 Å². The van der Waals surface area contributed by atoms with Crippen molar-refractivity contribution in [3.63, 3.8) is 0 Å². The average Bonchev–Trinajstić information content (AvgIpc) is 3.17. The van der Waals surface area contributed by atoms with Crippen LogP contribution in [-0.2, 0) is 17.8 Å². The van der Waals surface area contributed by atoms with Gasteiger partial charge in [-0.1, -0.05) is 24.3 Å². The summed E-state index contributed by atoms with van der Waals surface area (Å²) in [5, 5.41) is 0. The maximum Gasteiger partial charge on any atom is 0.228 e. The molecule has 3 heterocycles. The minimum absolute atomic E-state index is 0.0139. The Morgan fingerprint density at radius 2 is 2.04 bits per heavy atom. The zero-order chi connectivity index (χ0) is 17.2. The maximum atomic E-state index is 12.9. The zero-order valence-electron chi connectivity index (χ0n) is 14.4. The summed E-state index contributed by atoms with van der Waals surface area (Å²) >= 11 is 0. The molecule has 4 rings (SSSR count). The number of aromatic nitrogens is 2. The predicted molar refractivity (Wildman–Crippen MR) is 94.5 cm³/mol. The van der Waals surface area contributed by atoms with E-state index >= 15 is 0 Å². The van der Waals surface area contributed by atoms with Gasteiger partial charge in [-0.2, -0.15) is 4.98 Å². The lowest BCUT2D eigenvalue weighted by molar-refractivity contribution is -0.135. The van der Waals surface area contributed by atoms with Crippen molar-refractivity contribution in [3.8, 4) is 5.88 Å². The second-order valence-corrected chi connectivity index (χ2v) is 6.61. The first-order valence-corrected chi connectivity index (χ1v) is 8.72. The van der Waals surface area contributed by atoms with Gasteiger partial charge in [0.15, 0.2) is 0 Å². The van der Waals surface area contributed by atoms with E-state index in [4.69, 9.17) is 4.74 Å². The SMILES string of the molecule is COc1ccnc(N2CCC(C(=O)N3CCc4ccccc4C3)C2)n1. The number of hydrogen-bond donors (Lipinski definition) is 0. The molecule has 1 saturated heterocycles. The van der Waals surface area contributed by atoms with Crippen molar-refractivity contribution in [2.75, 3.05) is 31.6 Å². The number of hydrogen-bond acceptors (Lipinski definition) is 5. The normalized spacial score (nSPS) is 19.6. The van der Waals surface area contributed by atoms with Gasteiger partial charge in [0, 0.05) is 38.4 Å². The van der Waals surface area contributed by atoms with Crippen LogP contribution in [0.2, 0.25) is 0 Å². The highest BCUT2D eigenvalue weighted by atomic mass is 16.5. The number of methoxy groups -OCH3 is 1. The third-order valence-electron chi connectivity index (χ3n) is 5.09. The lowest BCUT2D eigenvalue weighted by atomic mass is 9.98. The number of amides is 1. The van der Waals surface area contributed by atoms with Gasteiger partial charge in [0.2, 0.25) is 17.7 Å². The third kappa shape index (κ3) is 3.16. The molecule has 0 aliphatic carbocycles. The summed E-state index contributed by atoms with van der Waals surface area (Å²) < 4.78 is 5.16. The van der Waals surface area contributed by atoms with Crippen molar-refractivity contribution < 1.29 is 9.53 Å². The van der Waals surface area contributed by atoms with E-state index in [-0.39, 0.29) is 11.8 Å². The third-order valence-corrected chi connectivity index (χ3v) is 5.09. The number of ether oxygens (including phenoxy) is 1. The molecule has 1 fully saturated rings. The monoisotopic (exact) mass is 338 g/mol. The fourth-order valence-electron chi connectivity index (χ4n) is 3.68. The Hall–Kier alpha value is -2.63. The van der Waals surface area contributed by atoms with E-state index in [0.29, 0.717) is 18.4 Å². The van der Waals surface area contributed by atoms with Crippen LogP contribution in [0.3, 0.4) is 0 Å². The van der Waals surface area contributed by atoms with Gasteiger partial charge in [0.25, 0.3) is 0 Å². The number of nitrogens with zero attached hydrogens (tertiary/aromatic N) is 4. The minimum Gasteiger partial charge on any atom is -0.481 e. The van der Waals surface area contributed by atoms with Gasteiger partial charge in [-0.15, -0.1) is 0 Å². The first-order chi connectivity index (χ1) is 12.2. The second-order valence-electron chi connectivity index (χ2n) is 6.61. The van der Waals surface area contributed by atoms with Gasteiger partial charge < -0.3 is 14.5 Å². The van der Waals surface area contributed by atoms with E-state index in [1.165, 1.54) is 11.1 Å². The maximum absolute atomic E-state index is 12.9. The van der Waals surface area contributed by atoms with Crippen molar-refractivity contribution in [2.45, 2.75) is 19.4 Å². The van der Waals surface area contributed by atoms with Crippen LogP contribution in [0.4, 0.5) is 5.95 Å². The van der Waals surface area contributed by atoms with Crippen molar-refractivity contribution in [3.05, 3.63) is 47.7 Å². The van der Waals surface area contributed by atoms with Crippen LogP contribution in [-0.4, -0.2) is 47.5 Å². The van der Waals surface area contributed by atoms with Gasteiger partial charge in [0.05, 0.1) is 13.0 Å². The number of benzene rings is 1. The molecule has 6 heteroatoms. The van der Waals surface area contributed by atoms with Crippen molar-refractivity contribution in [1.29, 1.82) is 0 Å². The van der Waals surface area contributed by atoms with E-state index in [2.05, 4.69) is 33.1 Å². The number of rotatable bonds is 3. The Labute approximate surface area is 147 Å². The van der Waals surface area contributed by atoms with Gasteiger partial charge in [-0.3, -0.25) is 4.79 Å². The quantitative estimate of drug-likeness (QED) is 0.855. The van der Waals surface area contributed by atoms with Crippen LogP contribution in [0.1, 0.15) is 17.5 Å². The molecule has 130 valence electrons. The first kappa shape index (κ1) is 15.9. The summed E-state index contributed by atoms with van der Waals surface area (Å²) in [7, 11) is 1.59. The average molecular weight is 338 g/mol. The molecule has 0 saturated carbocycles. The summed E-state index contributed by atoms with van der Waals surface area (Å²) in [5.74, 6) is 1.45. The summed E-state index contributed by atoms with van der Waals surface area (Å²) in [6.07, 6.45) is 3.48. The zero-order valence-corrected chi connectivity index (χ0v) is 14.4. The topological polar surface area (TPSA) is 58.6 Å². The number of anilines is 1. The second kappa shape index (κ2) is 6.70. The van der Waals surface area contributed by atoms with Crippen LogP contribution in [0.15, 0.2) is 36.5 Å². The highest BCUT2D eigenvalue weighted by Crippen LogP contribution is 2.26. The smallest absolute Gasteiger partial charge is 0.228 e. The molecule has 25 heavy (non-hydrogen) atoms. The van der Waals surface area contributed by atoms with E-state index in [1.54, 1.807) is 19.4 Å². The van der Waals surface area contributed by atoms with Gasteiger partial charge in [0.1, 0.15) is 0 Å². The molecule has 0 bridgehead atoms. The minimum atomic E-state index is 0.0139. The first-order valence-electron chi connectivity index (χ1n) is 8.72. The Morgan fingerprint density at radius 1 is 1.20 bits per heavy atom. The van der Waals surface area contributed by atoms with E-state index in [0.717, 1.165) is 32.5 Å². The van der Waals surface area contributed by atoms with Crippen LogP contribution in [0, 0.1) is 5.92 Å². The molecular weight excluding hydrogens is 316 g/mol. The highest BCUT2D eigenvalue weighted by molar-refractivity contribution is 5.80. The van der Waals surface area contributed by atoms with Crippen LogP contribution < -0.4 is 9.64 Å². The summed E-state index contributed by atoms with van der Waals surface area (Å²) in [4.78, 5) is 25.7. The molecule has 0 radical (unpaired) electrons. The number of carbonyl (C=O) groups is 1. The number of fused-ring (bicyclic) bond motifs is 1. The fraction of sp³-hybridized carbons (Fsp3) is 0.421. The molecule has 1 aromatic carbocycles. The lowest BCUT2D eigenvalue weighted by Crippen LogP contribution is -2.40. The van der Waals surface area contributed by atoms with Crippen molar-refractivity contribution in [2.24, 2.45) is 5.92 Å². The number of carbonyl (C=O) groups excluding carboxylic acids is 1.